The van der Waals surface area contributed by atoms with E-state index >= 15 is 0 Å². The summed E-state index contributed by atoms with van der Waals surface area (Å²) in [7, 11) is 0. The van der Waals surface area contributed by atoms with Crippen molar-refractivity contribution in [3.8, 4) is 10.6 Å². The van der Waals surface area contributed by atoms with Crippen LogP contribution in [0.1, 0.15) is 21.7 Å². The predicted octanol–water partition coefficient (Wildman–Crippen LogP) is 3.95. The zero-order chi connectivity index (χ0) is 17.4. The van der Waals surface area contributed by atoms with Gasteiger partial charge in [-0.15, -0.1) is 0 Å². The molecular weight excluding hydrogens is 334 g/mol. The van der Waals surface area contributed by atoms with E-state index < -0.39 is 0 Å². The van der Waals surface area contributed by atoms with Gasteiger partial charge in [0, 0.05) is 11.1 Å². The van der Waals surface area contributed by atoms with Gasteiger partial charge in [0.15, 0.2) is 0 Å². The maximum atomic E-state index is 12.4. The maximum Gasteiger partial charge on any atom is 0.273 e. The van der Waals surface area contributed by atoms with E-state index in [9.17, 15) is 4.79 Å². The first kappa shape index (κ1) is 15.5. The Morgan fingerprint density at radius 1 is 1.20 bits per heavy atom. The Kier molecular flexibility index (Phi) is 3.77. The fraction of sp³-hybridized carbons (Fsp3) is 0.111. The van der Waals surface area contributed by atoms with Gasteiger partial charge < -0.3 is 5.32 Å². The third kappa shape index (κ3) is 2.89. The first-order valence-corrected chi connectivity index (χ1v) is 8.58. The lowest BCUT2D eigenvalue weighted by Gasteiger charge is -2.03. The molecule has 0 radical (unpaired) electrons. The number of aromatic amines is 1. The van der Waals surface area contributed by atoms with Gasteiger partial charge in [-0.3, -0.25) is 9.89 Å². The van der Waals surface area contributed by atoms with Gasteiger partial charge in [0.05, 0.1) is 17.6 Å². The Balaban J connectivity index is 1.63. The zero-order valence-electron chi connectivity index (χ0n) is 13.7. The Morgan fingerprint density at radius 2 is 2.00 bits per heavy atom. The van der Waals surface area contributed by atoms with Gasteiger partial charge in [0.2, 0.25) is 0 Å². The summed E-state index contributed by atoms with van der Waals surface area (Å²) >= 11 is 1.53. The minimum Gasteiger partial charge on any atom is -0.319 e. The Labute approximate surface area is 148 Å². The zero-order valence-corrected chi connectivity index (χ0v) is 14.5. The lowest BCUT2D eigenvalue weighted by Crippen LogP contribution is -2.13. The molecule has 0 saturated heterocycles. The summed E-state index contributed by atoms with van der Waals surface area (Å²) in [6.45, 7) is 3.72. The highest BCUT2D eigenvalue weighted by atomic mass is 32.1. The molecule has 25 heavy (non-hydrogen) atoms. The second kappa shape index (κ2) is 6.10. The highest BCUT2D eigenvalue weighted by Crippen LogP contribution is 2.29. The van der Waals surface area contributed by atoms with E-state index in [1.807, 2.05) is 50.2 Å². The molecule has 0 aliphatic rings. The summed E-state index contributed by atoms with van der Waals surface area (Å²) in [5.74, 6) is -0.238. The van der Waals surface area contributed by atoms with Crippen LogP contribution in [0.25, 0.3) is 20.9 Å². The number of rotatable bonds is 3. The molecule has 4 aromatic rings. The summed E-state index contributed by atoms with van der Waals surface area (Å²) in [6.07, 6.45) is 1.64. The highest BCUT2D eigenvalue weighted by molar-refractivity contribution is 7.21. The van der Waals surface area contributed by atoms with Gasteiger partial charge in [-0.2, -0.15) is 5.10 Å². The van der Waals surface area contributed by atoms with Crippen molar-refractivity contribution >= 4 is 33.3 Å². The number of H-pyrrole nitrogens is 1. The first-order chi connectivity index (χ1) is 12.1. The average Bonchev–Trinajstić information content (AvgIpc) is 3.19. The second-order valence-electron chi connectivity index (χ2n) is 5.70. The number of hydrogen-bond acceptors (Lipinski definition) is 5. The molecule has 1 aromatic carbocycles. The van der Waals surface area contributed by atoms with Crippen molar-refractivity contribution in [2.75, 3.05) is 5.32 Å². The molecule has 1 amide bonds. The van der Waals surface area contributed by atoms with Crippen LogP contribution in [0.4, 0.5) is 5.69 Å². The van der Waals surface area contributed by atoms with Crippen LogP contribution in [0, 0.1) is 13.8 Å². The van der Waals surface area contributed by atoms with Crippen LogP contribution in [-0.2, 0) is 0 Å². The van der Waals surface area contributed by atoms with Crippen LogP contribution in [0.15, 0.2) is 42.6 Å². The minimum atomic E-state index is -0.238. The Hall–Kier alpha value is -3.06. The van der Waals surface area contributed by atoms with Gasteiger partial charge in [-0.05, 0) is 19.9 Å². The number of aromatic nitrogens is 4. The van der Waals surface area contributed by atoms with Crippen molar-refractivity contribution in [2.24, 2.45) is 0 Å². The van der Waals surface area contributed by atoms with Crippen LogP contribution < -0.4 is 5.32 Å². The molecule has 0 spiro atoms. The van der Waals surface area contributed by atoms with Gasteiger partial charge >= 0.3 is 0 Å². The lowest BCUT2D eigenvalue weighted by molar-refractivity contribution is 0.102. The lowest BCUT2D eigenvalue weighted by atomic mass is 10.2. The monoisotopic (exact) mass is 349 g/mol. The molecule has 0 aliphatic carbocycles. The van der Waals surface area contributed by atoms with E-state index in [1.165, 1.54) is 11.3 Å². The third-order valence-electron chi connectivity index (χ3n) is 4.01. The largest absolute Gasteiger partial charge is 0.319 e. The number of nitrogens with one attached hydrogen (secondary N) is 2. The van der Waals surface area contributed by atoms with Gasteiger partial charge in [0.25, 0.3) is 5.91 Å². The van der Waals surface area contributed by atoms with Gasteiger partial charge in [-0.25, -0.2) is 9.97 Å². The summed E-state index contributed by atoms with van der Waals surface area (Å²) in [6, 6.07) is 11.8. The molecule has 0 atom stereocenters. The number of hydrogen-bond donors (Lipinski definition) is 2. The van der Waals surface area contributed by atoms with E-state index in [4.69, 9.17) is 0 Å². The predicted molar refractivity (Wildman–Crippen MR) is 98.9 cm³/mol. The number of anilines is 1. The molecule has 0 saturated carbocycles. The molecule has 0 unspecified atom stereocenters. The van der Waals surface area contributed by atoms with E-state index in [1.54, 1.807) is 6.20 Å². The normalized spacial score (nSPS) is 11.0. The van der Waals surface area contributed by atoms with Crippen LogP contribution >= 0.6 is 11.3 Å². The molecule has 3 heterocycles. The number of aryl methyl sites for hydroxylation is 1. The molecule has 0 fully saturated rings. The van der Waals surface area contributed by atoms with Crippen LogP contribution in [0.3, 0.4) is 0 Å². The van der Waals surface area contributed by atoms with E-state index in [0.717, 1.165) is 32.2 Å². The first-order valence-electron chi connectivity index (χ1n) is 7.77. The number of pyridine rings is 1. The molecule has 124 valence electrons. The van der Waals surface area contributed by atoms with Crippen molar-refractivity contribution < 1.29 is 4.79 Å². The average molecular weight is 349 g/mol. The standard InChI is InChI=1S/C18H15N5OS/c1-10-11(2)22-23-15(10)16(24)20-13-8-14-18(19-9-13)25-17(21-14)12-6-4-3-5-7-12/h3-9H,1-2H3,(H,20,24)(H,22,23). The van der Waals surface area contributed by atoms with Crippen molar-refractivity contribution in [3.05, 3.63) is 59.5 Å². The molecule has 7 heteroatoms. The quantitative estimate of drug-likeness (QED) is 0.586. The van der Waals surface area contributed by atoms with E-state index in [2.05, 4.69) is 25.5 Å². The third-order valence-corrected chi connectivity index (χ3v) is 5.03. The smallest absolute Gasteiger partial charge is 0.273 e. The number of carbonyl (C=O) groups is 1. The van der Waals surface area contributed by atoms with Crippen LogP contribution in [0.5, 0.6) is 0 Å². The molecular formula is C18H15N5OS. The summed E-state index contributed by atoms with van der Waals surface area (Å²) in [5, 5.41) is 10.6. The molecule has 3 aromatic heterocycles. The number of carbonyl (C=O) groups excluding carboxylic acids is 1. The van der Waals surface area contributed by atoms with Crippen LogP contribution in [0.2, 0.25) is 0 Å². The van der Waals surface area contributed by atoms with Crippen molar-refractivity contribution in [1.82, 2.24) is 20.2 Å². The highest BCUT2D eigenvalue weighted by Gasteiger charge is 2.15. The fourth-order valence-electron chi connectivity index (χ4n) is 2.50. The number of nitrogens with zero attached hydrogens (tertiary/aromatic N) is 3. The summed E-state index contributed by atoms with van der Waals surface area (Å²) in [4.78, 5) is 22.3. The van der Waals surface area contributed by atoms with E-state index in [-0.39, 0.29) is 5.91 Å². The van der Waals surface area contributed by atoms with Crippen molar-refractivity contribution in [2.45, 2.75) is 13.8 Å². The molecule has 0 bridgehead atoms. The molecule has 0 aliphatic heterocycles. The second-order valence-corrected chi connectivity index (χ2v) is 6.67. The van der Waals surface area contributed by atoms with Crippen molar-refractivity contribution in [1.29, 1.82) is 0 Å². The minimum absolute atomic E-state index is 0.238. The number of fused-ring (bicyclic) bond motifs is 1. The molecule has 4 rings (SSSR count). The SMILES string of the molecule is Cc1n[nH]c(C(=O)Nc2cnc3sc(-c4ccccc4)nc3c2)c1C. The maximum absolute atomic E-state index is 12.4. The fourth-order valence-corrected chi connectivity index (χ4v) is 3.39. The Morgan fingerprint density at radius 3 is 2.72 bits per heavy atom. The number of benzene rings is 1. The number of amides is 1. The van der Waals surface area contributed by atoms with Crippen molar-refractivity contribution in [3.63, 3.8) is 0 Å². The number of thiazole rings is 1. The Bertz CT molecular complexity index is 1070. The summed E-state index contributed by atoms with van der Waals surface area (Å²) < 4.78 is 0. The molecule has 6 nitrogen and oxygen atoms in total. The molecule has 2 N–H and O–H groups in total. The van der Waals surface area contributed by atoms with Gasteiger partial charge in [0.1, 0.15) is 21.0 Å². The van der Waals surface area contributed by atoms with E-state index in [0.29, 0.717) is 11.4 Å². The van der Waals surface area contributed by atoms with Crippen LogP contribution in [-0.4, -0.2) is 26.1 Å². The summed E-state index contributed by atoms with van der Waals surface area (Å²) in [5.41, 5.74) is 4.53. The topological polar surface area (TPSA) is 83.6 Å². The van der Waals surface area contributed by atoms with Gasteiger partial charge in [-0.1, -0.05) is 41.7 Å².